The third kappa shape index (κ3) is 14.7. The van der Waals surface area contributed by atoms with E-state index in [2.05, 4.69) is 22.2 Å². The first-order valence-corrected chi connectivity index (χ1v) is 18.6. The van der Waals surface area contributed by atoms with Gasteiger partial charge in [-0.2, -0.15) is 0 Å². The van der Waals surface area contributed by atoms with Gasteiger partial charge in [-0.15, -0.1) is 0 Å². The number of ether oxygens (including phenoxy) is 3. The number of phenolic OH excluding ortho intramolecular Hbond substituents is 1. The van der Waals surface area contributed by atoms with E-state index in [1.54, 1.807) is 6.07 Å². The Labute approximate surface area is 290 Å². The smallest absolute Gasteiger partial charge is 0.229 e. The van der Waals surface area contributed by atoms with Crippen LogP contribution in [0.3, 0.4) is 0 Å². The number of anilines is 1. The van der Waals surface area contributed by atoms with Crippen molar-refractivity contribution < 1.29 is 32.8 Å². The average Bonchev–Trinajstić information content (AvgIpc) is 3.09. The molecule has 1 atom stereocenters. The van der Waals surface area contributed by atoms with Gasteiger partial charge in [0, 0.05) is 19.2 Å². The van der Waals surface area contributed by atoms with Crippen LogP contribution in [0, 0.1) is 0 Å². The summed E-state index contributed by atoms with van der Waals surface area (Å²) < 4.78 is 43.3. The molecule has 0 heterocycles. The third-order valence-electron chi connectivity index (χ3n) is 7.57. The second kappa shape index (κ2) is 20.2. The van der Waals surface area contributed by atoms with Crippen molar-refractivity contribution in [1.82, 2.24) is 5.32 Å². The van der Waals surface area contributed by atoms with Crippen LogP contribution >= 0.6 is 0 Å². The summed E-state index contributed by atoms with van der Waals surface area (Å²) in [6.07, 6.45) is 9.22. The van der Waals surface area contributed by atoms with Crippen LogP contribution in [-0.2, 0) is 28.0 Å². The highest BCUT2D eigenvalue weighted by Crippen LogP contribution is 2.28. The van der Waals surface area contributed by atoms with Crippen molar-refractivity contribution in [2.75, 3.05) is 37.3 Å². The molecule has 0 saturated carbocycles. The number of aromatic hydroxyl groups is 1. The number of hydrogen-bond acceptors (Lipinski definition) is 8. The number of aliphatic hydroxyl groups is 1. The Morgan fingerprint density at radius 2 is 1.41 bits per heavy atom. The quantitative estimate of drug-likeness (QED) is 0.0504. The van der Waals surface area contributed by atoms with Crippen LogP contribution < -0.4 is 19.5 Å². The zero-order valence-electron chi connectivity index (χ0n) is 28.1. The highest BCUT2D eigenvalue weighted by atomic mass is 32.2. The van der Waals surface area contributed by atoms with E-state index in [0.717, 1.165) is 73.1 Å². The minimum absolute atomic E-state index is 0.0474. The molecule has 4 N–H and O–H groups in total. The maximum atomic E-state index is 11.5. The zero-order chi connectivity index (χ0) is 34.7. The summed E-state index contributed by atoms with van der Waals surface area (Å²) in [6.45, 7) is 3.41. The lowest BCUT2D eigenvalue weighted by Crippen LogP contribution is -2.22. The molecular weight excluding hydrogens is 641 g/mol. The fourth-order valence-corrected chi connectivity index (χ4v) is 5.58. The van der Waals surface area contributed by atoms with Crippen molar-refractivity contribution >= 4 is 21.8 Å². The Balaban J connectivity index is 1.10. The Hall–Kier alpha value is -4.35. The summed E-state index contributed by atoms with van der Waals surface area (Å²) in [4.78, 5) is 0. The van der Waals surface area contributed by atoms with Crippen molar-refractivity contribution in [3.8, 4) is 17.2 Å². The van der Waals surface area contributed by atoms with E-state index < -0.39 is 16.1 Å². The lowest BCUT2D eigenvalue weighted by atomic mass is 10.1. The molecule has 262 valence electrons. The van der Waals surface area contributed by atoms with Crippen LogP contribution in [0.2, 0.25) is 0 Å². The van der Waals surface area contributed by atoms with E-state index in [9.17, 15) is 18.6 Å². The van der Waals surface area contributed by atoms with Crippen LogP contribution in [-0.4, -0.2) is 51.2 Å². The molecule has 0 spiro atoms. The van der Waals surface area contributed by atoms with Gasteiger partial charge >= 0.3 is 0 Å². The highest BCUT2D eigenvalue weighted by molar-refractivity contribution is 7.92. The molecule has 0 fully saturated rings. The molecule has 0 aromatic heterocycles. The van der Waals surface area contributed by atoms with E-state index in [0.29, 0.717) is 38.5 Å². The summed E-state index contributed by atoms with van der Waals surface area (Å²) in [5.74, 6) is 1.32. The molecule has 0 aliphatic carbocycles. The standard InChI is InChI=1S/C39H48N2O7S/c1-49(44,45)41-37-26-34(19-20-38(37)42)39(43)28-40-21-11-2-3-12-22-46-23-13-10-18-33-24-35(47-29-31-14-6-4-7-15-31)27-36(25-33)48-30-32-16-8-5-9-17-32/h4-10,14-20,24-27,39-43H,2-3,11-13,21-23,28-30H2,1H3. The van der Waals surface area contributed by atoms with Gasteiger partial charge in [0.2, 0.25) is 10.0 Å². The van der Waals surface area contributed by atoms with Gasteiger partial charge in [0.25, 0.3) is 0 Å². The lowest BCUT2D eigenvalue weighted by Gasteiger charge is -2.14. The molecule has 9 nitrogen and oxygen atoms in total. The molecule has 0 saturated heterocycles. The molecule has 49 heavy (non-hydrogen) atoms. The summed E-state index contributed by atoms with van der Waals surface area (Å²) in [6, 6.07) is 30.6. The maximum absolute atomic E-state index is 11.5. The number of phenols is 1. The van der Waals surface area contributed by atoms with Gasteiger partial charge in [0.15, 0.2) is 0 Å². The molecular formula is C39H48N2O7S. The van der Waals surface area contributed by atoms with E-state index in [1.165, 1.54) is 12.1 Å². The molecule has 1 unspecified atom stereocenters. The second-order valence-electron chi connectivity index (χ2n) is 11.9. The number of unbranched alkanes of at least 4 members (excludes halogenated alkanes) is 3. The largest absolute Gasteiger partial charge is 0.506 e. The van der Waals surface area contributed by atoms with Crippen LogP contribution in [0.15, 0.2) is 103 Å². The first kappa shape index (κ1) is 37.5. The summed E-state index contributed by atoms with van der Waals surface area (Å²) >= 11 is 0. The van der Waals surface area contributed by atoms with Crippen molar-refractivity contribution in [2.45, 2.75) is 51.4 Å². The van der Waals surface area contributed by atoms with E-state index in [4.69, 9.17) is 14.2 Å². The number of hydrogen-bond donors (Lipinski definition) is 4. The average molecular weight is 689 g/mol. The van der Waals surface area contributed by atoms with Gasteiger partial charge in [-0.3, -0.25) is 4.72 Å². The first-order chi connectivity index (χ1) is 23.7. The minimum atomic E-state index is -3.54. The third-order valence-corrected chi connectivity index (χ3v) is 8.16. The fourth-order valence-electron chi connectivity index (χ4n) is 5.02. The number of aliphatic hydroxyl groups excluding tert-OH is 1. The summed E-state index contributed by atoms with van der Waals surface area (Å²) in [7, 11) is -3.54. The maximum Gasteiger partial charge on any atom is 0.229 e. The fraction of sp³-hybridized carbons (Fsp3) is 0.333. The highest BCUT2D eigenvalue weighted by Gasteiger charge is 2.13. The van der Waals surface area contributed by atoms with Crippen LogP contribution in [0.1, 0.15) is 60.5 Å². The van der Waals surface area contributed by atoms with Gasteiger partial charge in [0.1, 0.15) is 30.5 Å². The van der Waals surface area contributed by atoms with Gasteiger partial charge in [-0.05, 0) is 72.3 Å². The number of benzene rings is 4. The van der Waals surface area contributed by atoms with Gasteiger partial charge in [0.05, 0.1) is 24.7 Å². The normalized spacial score (nSPS) is 12.2. The number of nitrogens with one attached hydrogen (secondary N) is 2. The number of rotatable bonds is 22. The zero-order valence-corrected chi connectivity index (χ0v) is 28.9. The summed E-state index contributed by atoms with van der Waals surface area (Å²) in [5, 5.41) is 23.6. The molecule has 0 bridgehead atoms. The van der Waals surface area contributed by atoms with Crippen molar-refractivity contribution in [3.05, 3.63) is 125 Å². The molecule has 0 aliphatic heterocycles. The summed E-state index contributed by atoms with van der Waals surface area (Å²) in [5.41, 5.74) is 3.78. The Morgan fingerprint density at radius 3 is 2.04 bits per heavy atom. The van der Waals surface area contributed by atoms with Crippen molar-refractivity contribution in [1.29, 1.82) is 0 Å². The predicted molar refractivity (Wildman–Crippen MR) is 195 cm³/mol. The van der Waals surface area contributed by atoms with Crippen LogP contribution in [0.25, 0.3) is 6.08 Å². The van der Waals surface area contributed by atoms with Gasteiger partial charge in [-0.1, -0.05) is 91.7 Å². The molecule has 0 radical (unpaired) electrons. The van der Waals surface area contributed by atoms with Crippen molar-refractivity contribution in [2.24, 2.45) is 0 Å². The lowest BCUT2D eigenvalue weighted by molar-refractivity contribution is 0.134. The molecule has 10 heteroatoms. The Kier molecular flexibility index (Phi) is 15.5. The first-order valence-electron chi connectivity index (χ1n) is 16.7. The Morgan fingerprint density at radius 1 is 0.776 bits per heavy atom. The molecule has 4 aromatic carbocycles. The van der Waals surface area contributed by atoms with E-state index in [-0.39, 0.29) is 11.4 Å². The van der Waals surface area contributed by atoms with E-state index in [1.807, 2.05) is 78.9 Å². The Bertz CT molecular complexity index is 1620. The topological polar surface area (TPSA) is 126 Å². The molecule has 0 aliphatic rings. The molecule has 4 rings (SSSR count). The monoisotopic (exact) mass is 688 g/mol. The van der Waals surface area contributed by atoms with Gasteiger partial charge in [-0.25, -0.2) is 8.42 Å². The molecule has 0 amide bonds. The van der Waals surface area contributed by atoms with E-state index >= 15 is 0 Å². The van der Waals surface area contributed by atoms with Crippen LogP contribution in [0.5, 0.6) is 17.2 Å². The van der Waals surface area contributed by atoms with Crippen molar-refractivity contribution in [3.63, 3.8) is 0 Å². The van der Waals surface area contributed by atoms with Crippen LogP contribution in [0.4, 0.5) is 5.69 Å². The predicted octanol–water partition coefficient (Wildman–Crippen LogP) is 7.23. The minimum Gasteiger partial charge on any atom is -0.506 e. The SMILES string of the molecule is CS(=O)(=O)Nc1cc(C(O)CNCCCCCCOCCC=Cc2cc(OCc3ccccc3)cc(OCc3ccccc3)c2)ccc1O. The van der Waals surface area contributed by atoms with Gasteiger partial charge < -0.3 is 29.7 Å². The number of sulfonamides is 1. The second-order valence-corrected chi connectivity index (χ2v) is 13.6. The molecule has 4 aromatic rings.